The van der Waals surface area contributed by atoms with E-state index in [2.05, 4.69) is 9.62 Å². The monoisotopic (exact) mass is 361 g/mol. The molecule has 2 rings (SSSR count). The highest BCUT2D eigenvalue weighted by atomic mass is 32.2. The van der Waals surface area contributed by atoms with E-state index in [-0.39, 0.29) is 5.75 Å². The van der Waals surface area contributed by atoms with Crippen LogP contribution in [-0.2, 0) is 25.8 Å². The fraction of sp³-hybridized carbons (Fsp3) is 0.571. The molecule has 1 saturated heterocycles. The molecule has 0 radical (unpaired) electrons. The molecule has 7 nitrogen and oxygen atoms in total. The van der Waals surface area contributed by atoms with Crippen LogP contribution in [-0.4, -0.2) is 71.6 Å². The third-order valence-corrected chi connectivity index (χ3v) is 6.41. The van der Waals surface area contributed by atoms with Crippen molar-refractivity contribution in [3.8, 4) is 0 Å². The minimum Gasteiger partial charge on any atom is -0.299 e. The van der Waals surface area contributed by atoms with Gasteiger partial charge in [0.1, 0.15) is 0 Å². The zero-order valence-electron chi connectivity index (χ0n) is 13.2. The topological polar surface area (TPSA) is 86.8 Å². The molecule has 0 aromatic heterocycles. The Morgan fingerprint density at radius 2 is 1.61 bits per heavy atom. The lowest BCUT2D eigenvalue weighted by Gasteiger charge is -2.33. The number of benzene rings is 1. The summed E-state index contributed by atoms with van der Waals surface area (Å²) in [6, 6.07) is 9.03. The van der Waals surface area contributed by atoms with Gasteiger partial charge in [0.2, 0.25) is 20.0 Å². The van der Waals surface area contributed by atoms with Gasteiger partial charge in [-0.05, 0) is 5.56 Å². The van der Waals surface area contributed by atoms with Gasteiger partial charge in [0.25, 0.3) is 0 Å². The second-order valence-electron chi connectivity index (χ2n) is 5.64. The molecule has 1 aromatic rings. The van der Waals surface area contributed by atoms with E-state index in [0.29, 0.717) is 39.3 Å². The Morgan fingerprint density at radius 1 is 1.00 bits per heavy atom. The van der Waals surface area contributed by atoms with Crippen molar-refractivity contribution in [2.75, 3.05) is 45.5 Å². The number of nitrogens with zero attached hydrogens (tertiary/aromatic N) is 2. The summed E-state index contributed by atoms with van der Waals surface area (Å²) < 4.78 is 50.9. The van der Waals surface area contributed by atoms with Gasteiger partial charge in [0.05, 0.1) is 12.0 Å². The average molecular weight is 361 g/mol. The maximum absolute atomic E-state index is 12.0. The van der Waals surface area contributed by atoms with Crippen LogP contribution in [0.1, 0.15) is 5.56 Å². The molecule has 0 aliphatic carbocycles. The normalized spacial score (nSPS) is 18.1. The Bertz CT molecular complexity index is 697. The summed E-state index contributed by atoms with van der Waals surface area (Å²) in [5.74, 6) is -0.0320. The molecule has 1 heterocycles. The second-order valence-corrected chi connectivity index (χ2v) is 9.43. The van der Waals surface area contributed by atoms with Crippen LogP contribution >= 0.6 is 0 Å². The second kappa shape index (κ2) is 7.71. The molecule has 9 heteroatoms. The molecule has 0 atom stereocenters. The van der Waals surface area contributed by atoms with E-state index < -0.39 is 20.0 Å². The quantitative estimate of drug-likeness (QED) is 0.719. The van der Waals surface area contributed by atoms with Crippen LogP contribution in [0.5, 0.6) is 0 Å². The number of hydrogen-bond donors (Lipinski definition) is 1. The summed E-state index contributed by atoms with van der Waals surface area (Å²) in [5, 5.41) is 0. The standard InChI is InChI=1S/C14H23N3O4S2/c1-22(18,19)17-11-9-16(10-12-17)8-7-15-23(20,21)13-14-5-3-2-4-6-14/h2-6,15H,7-13H2,1H3. The van der Waals surface area contributed by atoms with Crippen LogP contribution in [0.2, 0.25) is 0 Å². The van der Waals surface area contributed by atoms with Crippen molar-refractivity contribution in [1.82, 2.24) is 13.9 Å². The zero-order valence-corrected chi connectivity index (χ0v) is 14.8. The van der Waals surface area contributed by atoms with Crippen molar-refractivity contribution >= 4 is 20.0 Å². The first-order valence-electron chi connectivity index (χ1n) is 7.45. The van der Waals surface area contributed by atoms with E-state index in [0.717, 1.165) is 5.56 Å². The maximum Gasteiger partial charge on any atom is 0.215 e. The summed E-state index contributed by atoms with van der Waals surface area (Å²) in [6.45, 7) is 3.05. The van der Waals surface area contributed by atoms with Crippen molar-refractivity contribution in [3.05, 3.63) is 35.9 Å². The number of piperazine rings is 1. The molecule has 1 fully saturated rings. The van der Waals surface area contributed by atoms with E-state index in [9.17, 15) is 16.8 Å². The van der Waals surface area contributed by atoms with Crippen LogP contribution in [0.4, 0.5) is 0 Å². The lowest BCUT2D eigenvalue weighted by molar-refractivity contribution is 0.192. The van der Waals surface area contributed by atoms with Crippen molar-refractivity contribution in [2.24, 2.45) is 0 Å². The van der Waals surface area contributed by atoms with Gasteiger partial charge in [-0.3, -0.25) is 4.90 Å². The summed E-state index contributed by atoms with van der Waals surface area (Å²) in [5.41, 5.74) is 0.752. The minimum atomic E-state index is -3.35. The minimum absolute atomic E-state index is 0.0320. The molecular weight excluding hydrogens is 338 g/mol. The van der Waals surface area contributed by atoms with E-state index in [1.54, 1.807) is 12.1 Å². The fourth-order valence-corrected chi connectivity index (χ4v) is 4.45. The third kappa shape index (κ3) is 6.19. The zero-order chi connectivity index (χ0) is 16.9. The summed E-state index contributed by atoms with van der Waals surface area (Å²) in [6.07, 6.45) is 1.21. The van der Waals surface area contributed by atoms with Gasteiger partial charge in [-0.1, -0.05) is 30.3 Å². The van der Waals surface area contributed by atoms with Gasteiger partial charge in [-0.15, -0.1) is 0 Å². The van der Waals surface area contributed by atoms with Crippen LogP contribution in [0.15, 0.2) is 30.3 Å². The van der Waals surface area contributed by atoms with Crippen molar-refractivity contribution in [3.63, 3.8) is 0 Å². The third-order valence-electron chi connectivity index (χ3n) is 3.75. The first kappa shape index (κ1) is 18.3. The van der Waals surface area contributed by atoms with E-state index in [1.807, 2.05) is 18.2 Å². The molecule has 0 spiro atoms. The summed E-state index contributed by atoms with van der Waals surface area (Å²) in [4.78, 5) is 2.06. The SMILES string of the molecule is CS(=O)(=O)N1CCN(CCNS(=O)(=O)Cc2ccccc2)CC1. The van der Waals surface area contributed by atoms with Gasteiger partial charge in [0, 0.05) is 39.3 Å². The van der Waals surface area contributed by atoms with E-state index >= 15 is 0 Å². The Kier molecular flexibility index (Phi) is 6.15. The average Bonchev–Trinajstić information content (AvgIpc) is 2.47. The molecule has 130 valence electrons. The molecule has 1 aromatic carbocycles. The van der Waals surface area contributed by atoms with Gasteiger partial charge < -0.3 is 0 Å². The first-order valence-corrected chi connectivity index (χ1v) is 10.9. The van der Waals surface area contributed by atoms with Crippen molar-refractivity contribution in [2.45, 2.75) is 5.75 Å². The molecule has 1 N–H and O–H groups in total. The van der Waals surface area contributed by atoms with Gasteiger partial charge in [-0.2, -0.15) is 4.31 Å². The van der Waals surface area contributed by atoms with Crippen molar-refractivity contribution in [1.29, 1.82) is 0 Å². The van der Waals surface area contributed by atoms with Gasteiger partial charge in [-0.25, -0.2) is 21.6 Å². The van der Waals surface area contributed by atoms with E-state index in [1.165, 1.54) is 10.6 Å². The van der Waals surface area contributed by atoms with Crippen molar-refractivity contribution < 1.29 is 16.8 Å². The van der Waals surface area contributed by atoms with Crippen LogP contribution in [0.3, 0.4) is 0 Å². The maximum atomic E-state index is 12.0. The first-order chi connectivity index (χ1) is 10.8. The highest BCUT2D eigenvalue weighted by molar-refractivity contribution is 7.88. The molecular formula is C14H23N3O4S2. The highest BCUT2D eigenvalue weighted by Gasteiger charge is 2.23. The molecule has 1 aliphatic heterocycles. The molecule has 0 bridgehead atoms. The van der Waals surface area contributed by atoms with Crippen LogP contribution in [0, 0.1) is 0 Å². The predicted octanol–water partition coefficient (Wildman–Crippen LogP) is -0.317. The van der Waals surface area contributed by atoms with Crippen LogP contribution < -0.4 is 4.72 Å². The molecule has 0 unspecified atom stereocenters. The van der Waals surface area contributed by atoms with Gasteiger partial charge in [0.15, 0.2) is 0 Å². The largest absolute Gasteiger partial charge is 0.299 e. The molecule has 0 saturated carbocycles. The number of hydrogen-bond acceptors (Lipinski definition) is 5. The van der Waals surface area contributed by atoms with Gasteiger partial charge >= 0.3 is 0 Å². The van der Waals surface area contributed by atoms with E-state index in [4.69, 9.17) is 0 Å². The summed E-state index contributed by atoms with van der Waals surface area (Å²) in [7, 11) is -6.48. The smallest absolute Gasteiger partial charge is 0.215 e. The fourth-order valence-electron chi connectivity index (χ4n) is 2.49. The molecule has 0 amide bonds. The Balaban J connectivity index is 1.73. The molecule has 1 aliphatic rings. The number of sulfonamides is 2. The lowest BCUT2D eigenvalue weighted by atomic mass is 10.2. The number of rotatable bonds is 7. The lowest BCUT2D eigenvalue weighted by Crippen LogP contribution is -2.49. The molecule has 23 heavy (non-hydrogen) atoms. The summed E-state index contributed by atoms with van der Waals surface area (Å²) >= 11 is 0. The van der Waals surface area contributed by atoms with Crippen LogP contribution in [0.25, 0.3) is 0 Å². The number of nitrogens with one attached hydrogen (secondary N) is 1. The Morgan fingerprint density at radius 3 is 2.17 bits per heavy atom. The Labute approximate surface area is 138 Å². The Hall–Kier alpha value is -1.00. The highest BCUT2D eigenvalue weighted by Crippen LogP contribution is 2.06. The predicted molar refractivity (Wildman–Crippen MR) is 89.9 cm³/mol.